The fourth-order valence-corrected chi connectivity index (χ4v) is 4.54. The Balaban J connectivity index is 1.58. The number of pyridine rings is 1. The molecule has 212 valence electrons. The van der Waals surface area contributed by atoms with Crippen molar-refractivity contribution in [1.82, 2.24) is 20.5 Å². The molecule has 0 aliphatic carbocycles. The molecule has 0 radical (unpaired) electrons. The Bertz CT molecular complexity index is 1700. The van der Waals surface area contributed by atoms with Gasteiger partial charge in [-0.25, -0.2) is 9.37 Å². The number of carbonyl (C=O) groups excluding carboxylic acids is 2. The fourth-order valence-electron chi connectivity index (χ4n) is 4.54. The third-order valence-corrected chi connectivity index (χ3v) is 7.10. The van der Waals surface area contributed by atoms with Crippen LogP contribution in [0.15, 0.2) is 54.6 Å². The number of nitrogens with one attached hydrogen (secondary N) is 1. The first-order valence-corrected chi connectivity index (χ1v) is 12.3. The van der Waals surface area contributed by atoms with Gasteiger partial charge in [0.15, 0.2) is 0 Å². The van der Waals surface area contributed by atoms with E-state index in [0.717, 1.165) is 18.2 Å². The lowest BCUT2D eigenvalue weighted by molar-refractivity contribution is -0.265. The first-order valence-electron chi connectivity index (χ1n) is 12.3. The minimum Gasteiger partial charge on any atom is -0.489 e. The third kappa shape index (κ3) is 4.82. The third-order valence-electron chi connectivity index (χ3n) is 7.10. The van der Waals surface area contributed by atoms with Crippen molar-refractivity contribution in [3.05, 3.63) is 82.9 Å². The van der Waals surface area contributed by atoms with Crippen LogP contribution in [0.1, 0.15) is 34.2 Å². The number of nitrogens with zero attached hydrogens (tertiary/aromatic N) is 3. The smallest absolute Gasteiger partial charge is 0.424 e. The minimum atomic E-state index is -5.33. The molecule has 5 rings (SSSR count). The van der Waals surface area contributed by atoms with E-state index in [1.54, 1.807) is 13.0 Å². The standard InChI is InChI=1S/C28H23F4N5O4/c1-14-9-17-10-16(5-8-20(17)37-36-14)24(38)34-12-27(40,28(30,31)32)21-11-19-23(41-13-26(19,2)25(33)39)22(35-21)15-3-6-18(29)7-4-15/h3-11,40H,12-13H2,1-2H3,(H2,33,39)(H,34,38)/t26-,27-/m0/s1. The molecule has 1 aliphatic heterocycles. The predicted molar refractivity (Wildman–Crippen MR) is 138 cm³/mol. The molecule has 0 saturated heterocycles. The molecule has 4 N–H and O–H groups in total. The van der Waals surface area contributed by atoms with E-state index in [1.807, 2.05) is 0 Å². The van der Waals surface area contributed by atoms with Crippen molar-refractivity contribution in [3.8, 4) is 17.0 Å². The summed E-state index contributed by atoms with van der Waals surface area (Å²) in [5.41, 5.74) is 0.462. The van der Waals surface area contributed by atoms with Gasteiger partial charge < -0.3 is 20.9 Å². The van der Waals surface area contributed by atoms with Gasteiger partial charge in [0.1, 0.15) is 29.3 Å². The van der Waals surface area contributed by atoms with Crippen LogP contribution in [0.5, 0.6) is 5.75 Å². The van der Waals surface area contributed by atoms with Crippen molar-refractivity contribution in [1.29, 1.82) is 0 Å². The Morgan fingerprint density at radius 1 is 1.10 bits per heavy atom. The summed E-state index contributed by atoms with van der Waals surface area (Å²) < 4.78 is 62.9. The van der Waals surface area contributed by atoms with E-state index in [2.05, 4.69) is 20.5 Å². The lowest BCUT2D eigenvalue weighted by atomic mass is 9.81. The maximum absolute atomic E-state index is 14.6. The molecule has 0 bridgehead atoms. The minimum absolute atomic E-state index is 0.0234. The van der Waals surface area contributed by atoms with Gasteiger partial charge in [-0.3, -0.25) is 9.59 Å². The summed E-state index contributed by atoms with van der Waals surface area (Å²) in [5.74, 6) is -2.40. The molecule has 2 aromatic heterocycles. The number of rotatable bonds is 6. The Hall–Kier alpha value is -4.65. The fraction of sp³-hybridized carbons (Fsp3) is 0.250. The topological polar surface area (TPSA) is 140 Å². The van der Waals surface area contributed by atoms with E-state index >= 15 is 0 Å². The second kappa shape index (κ2) is 9.77. The van der Waals surface area contributed by atoms with Crippen LogP contribution in [0.2, 0.25) is 0 Å². The van der Waals surface area contributed by atoms with Gasteiger partial charge in [-0.2, -0.15) is 23.4 Å². The number of fused-ring (bicyclic) bond motifs is 2. The molecule has 1 aliphatic rings. The second-order valence-corrected chi connectivity index (χ2v) is 10.0. The molecule has 41 heavy (non-hydrogen) atoms. The summed E-state index contributed by atoms with van der Waals surface area (Å²) in [7, 11) is 0. The number of benzene rings is 2. The van der Waals surface area contributed by atoms with E-state index < -0.39 is 47.1 Å². The van der Waals surface area contributed by atoms with Crippen molar-refractivity contribution >= 4 is 22.7 Å². The summed E-state index contributed by atoms with van der Waals surface area (Å²) in [4.78, 5) is 29.3. The predicted octanol–water partition coefficient (Wildman–Crippen LogP) is 3.45. The normalized spacial score (nSPS) is 17.9. The zero-order chi connectivity index (χ0) is 29.7. The summed E-state index contributed by atoms with van der Waals surface area (Å²) >= 11 is 0. The highest BCUT2D eigenvalue weighted by molar-refractivity contribution is 5.98. The quantitative estimate of drug-likeness (QED) is 0.302. The highest BCUT2D eigenvalue weighted by Gasteiger charge is 2.57. The monoisotopic (exact) mass is 569 g/mol. The van der Waals surface area contributed by atoms with Gasteiger partial charge in [-0.15, -0.1) is 0 Å². The summed E-state index contributed by atoms with van der Waals surface area (Å²) in [6.45, 7) is 1.48. The van der Waals surface area contributed by atoms with Crippen molar-refractivity contribution in [2.75, 3.05) is 13.2 Å². The van der Waals surface area contributed by atoms with Gasteiger partial charge in [0.2, 0.25) is 11.5 Å². The van der Waals surface area contributed by atoms with Crippen molar-refractivity contribution in [2.24, 2.45) is 5.73 Å². The summed E-state index contributed by atoms with van der Waals surface area (Å²) in [6, 6.07) is 11.5. The van der Waals surface area contributed by atoms with Crippen molar-refractivity contribution in [2.45, 2.75) is 31.0 Å². The molecule has 2 amide bonds. The molecule has 2 aromatic carbocycles. The number of ether oxygens (including phenoxy) is 1. The maximum Gasteiger partial charge on any atom is 0.424 e. The van der Waals surface area contributed by atoms with E-state index in [-0.39, 0.29) is 34.7 Å². The zero-order valence-corrected chi connectivity index (χ0v) is 21.7. The van der Waals surface area contributed by atoms with Crippen LogP contribution in [0.25, 0.3) is 22.2 Å². The molecule has 0 unspecified atom stereocenters. The summed E-state index contributed by atoms with van der Waals surface area (Å²) in [6.07, 6.45) is -5.33. The number of hydrogen-bond acceptors (Lipinski definition) is 7. The first-order chi connectivity index (χ1) is 19.2. The molecule has 0 fully saturated rings. The van der Waals surface area contributed by atoms with Crippen LogP contribution in [0.4, 0.5) is 17.6 Å². The van der Waals surface area contributed by atoms with E-state index in [9.17, 15) is 32.3 Å². The number of aryl methyl sites for hydroxylation is 1. The number of nitrogens with two attached hydrogens (primary N) is 1. The molecule has 3 heterocycles. The van der Waals surface area contributed by atoms with Crippen LogP contribution < -0.4 is 15.8 Å². The van der Waals surface area contributed by atoms with Gasteiger partial charge >= 0.3 is 6.18 Å². The van der Waals surface area contributed by atoms with Gasteiger partial charge in [0, 0.05) is 22.1 Å². The zero-order valence-electron chi connectivity index (χ0n) is 21.7. The molecule has 0 saturated carbocycles. The number of hydrogen-bond donors (Lipinski definition) is 3. The van der Waals surface area contributed by atoms with Crippen molar-refractivity contribution < 1.29 is 37.0 Å². The van der Waals surface area contributed by atoms with Crippen LogP contribution in [0.3, 0.4) is 0 Å². The highest BCUT2D eigenvalue weighted by atomic mass is 19.4. The number of primary amides is 1. The van der Waals surface area contributed by atoms with Crippen LogP contribution in [-0.4, -0.2) is 51.4 Å². The van der Waals surface area contributed by atoms with Crippen LogP contribution in [-0.2, 0) is 15.8 Å². The lowest BCUT2D eigenvalue weighted by Crippen LogP contribution is -2.51. The van der Waals surface area contributed by atoms with E-state index in [0.29, 0.717) is 16.6 Å². The Morgan fingerprint density at radius 3 is 2.46 bits per heavy atom. The molecule has 9 nitrogen and oxygen atoms in total. The number of amides is 2. The molecule has 13 heteroatoms. The Kier molecular flexibility index (Phi) is 6.65. The Morgan fingerprint density at radius 2 is 1.80 bits per heavy atom. The van der Waals surface area contributed by atoms with Gasteiger partial charge in [0.25, 0.3) is 5.91 Å². The largest absolute Gasteiger partial charge is 0.489 e. The average Bonchev–Trinajstić information content (AvgIpc) is 3.28. The van der Waals surface area contributed by atoms with Gasteiger partial charge in [-0.05, 0) is 68.4 Å². The summed E-state index contributed by atoms with van der Waals surface area (Å²) in [5, 5.41) is 21.7. The number of carbonyl (C=O) groups is 2. The molecule has 4 aromatic rings. The number of alkyl halides is 3. The van der Waals surface area contributed by atoms with Gasteiger partial charge in [0.05, 0.1) is 23.4 Å². The number of aliphatic hydroxyl groups is 1. The van der Waals surface area contributed by atoms with E-state index in [1.165, 1.54) is 37.3 Å². The molecule has 0 spiro atoms. The van der Waals surface area contributed by atoms with Crippen LogP contribution >= 0.6 is 0 Å². The Labute approximate surface area is 230 Å². The maximum atomic E-state index is 14.6. The lowest BCUT2D eigenvalue weighted by Gasteiger charge is -2.31. The molecular formula is C28H23F4N5O4. The second-order valence-electron chi connectivity index (χ2n) is 10.0. The first kappa shape index (κ1) is 27.9. The number of aromatic nitrogens is 3. The van der Waals surface area contributed by atoms with E-state index in [4.69, 9.17) is 10.5 Å². The van der Waals surface area contributed by atoms with Crippen LogP contribution in [0, 0.1) is 12.7 Å². The van der Waals surface area contributed by atoms with Crippen molar-refractivity contribution in [3.63, 3.8) is 0 Å². The number of halogens is 4. The van der Waals surface area contributed by atoms with Gasteiger partial charge in [-0.1, -0.05) is 0 Å². The molecule has 2 atom stereocenters. The SMILES string of the molecule is Cc1cc2cc(C(=O)NC[C@](O)(c3cc4c(c(-c5ccc(F)cc5)n3)OC[C@]4(C)C(N)=O)C(F)(F)F)ccc2nn1. The highest BCUT2D eigenvalue weighted by Crippen LogP contribution is 2.47. The molecular weight excluding hydrogens is 546 g/mol. The average molecular weight is 570 g/mol.